The number of hydrogen-bond donors (Lipinski definition) is 2. The summed E-state index contributed by atoms with van der Waals surface area (Å²) in [7, 11) is 0. The molecule has 2 N–H and O–H groups in total. The van der Waals surface area contributed by atoms with Crippen molar-refractivity contribution in [3.05, 3.63) is 106 Å². The molecule has 0 bridgehead atoms. The van der Waals surface area contributed by atoms with Gasteiger partial charge in [0.15, 0.2) is 0 Å². The Hall–Kier alpha value is -4.03. The molecular weight excluding hydrogens is 410 g/mol. The van der Waals surface area contributed by atoms with Crippen molar-refractivity contribution in [2.24, 2.45) is 0 Å². The van der Waals surface area contributed by atoms with Crippen LogP contribution in [0.2, 0.25) is 0 Å². The Kier molecular flexibility index (Phi) is 4.85. The van der Waals surface area contributed by atoms with Crippen molar-refractivity contribution in [3.8, 4) is 22.6 Å². The van der Waals surface area contributed by atoms with Crippen LogP contribution in [0.3, 0.4) is 0 Å². The van der Waals surface area contributed by atoms with E-state index >= 15 is 0 Å². The molecule has 0 saturated heterocycles. The second-order valence-corrected chi connectivity index (χ2v) is 8.43. The van der Waals surface area contributed by atoms with Crippen LogP contribution < -0.4 is 5.56 Å². The monoisotopic (exact) mass is 433 g/mol. The molecule has 33 heavy (non-hydrogen) atoms. The van der Waals surface area contributed by atoms with E-state index in [2.05, 4.69) is 68.4 Å². The van der Waals surface area contributed by atoms with Gasteiger partial charge in [-0.15, -0.1) is 0 Å². The molecule has 0 amide bonds. The zero-order valence-corrected chi connectivity index (χ0v) is 18.1. The fourth-order valence-corrected chi connectivity index (χ4v) is 4.71. The predicted octanol–water partition coefficient (Wildman–Crippen LogP) is 4.54. The highest BCUT2D eigenvalue weighted by atomic mass is 16.1. The minimum Gasteiger partial charge on any atom is -0.354 e. The van der Waals surface area contributed by atoms with E-state index in [9.17, 15) is 4.79 Å². The van der Waals surface area contributed by atoms with Crippen LogP contribution in [0.4, 0.5) is 0 Å². The summed E-state index contributed by atoms with van der Waals surface area (Å²) in [4.78, 5) is 30.7. The Morgan fingerprint density at radius 3 is 2.58 bits per heavy atom. The van der Waals surface area contributed by atoms with Gasteiger partial charge in [0.2, 0.25) is 0 Å². The van der Waals surface area contributed by atoms with Crippen LogP contribution in [0, 0.1) is 0 Å². The molecule has 5 aromatic rings. The Bertz CT molecular complexity index is 1490. The molecule has 1 aliphatic rings. The van der Waals surface area contributed by atoms with Crippen molar-refractivity contribution >= 4 is 10.9 Å². The van der Waals surface area contributed by atoms with Gasteiger partial charge >= 0.3 is 0 Å². The van der Waals surface area contributed by atoms with Gasteiger partial charge in [0.05, 0.1) is 11.4 Å². The summed E-state index contributed by atoms with van der Waals surface area (Å²) in [6.07, 6.45) is 4.13. The number of H-pyrrole nitrogens is 2. The van der Waals surface area contributed by atoms with Crippen molar-refractivity contribution in [1.29, 1.82) is 0 Å². The van der Waals surface area contributed by atoms with E-state index in [1.165, 1.54) is 16.5 Å². The number of fused-ring (bicyclic) bond motifs is 2. The van der Waals surface area contributed by atoms with Gasteiger partial charge < -0.3 is 9.97 Å². The molecule has 162 valence electrons. The molecule has 2 aromatic carbocycles. The lowest BCUT2D eigenvalue weighted by molar-refractivity contribution is 0.242. The normalized spacial score (nSPS) is 13.8. The van der Waals surface area contributed by atoms with E-state index < -0.39 is 0 Å². The first-order chi connectivity index (χ1) is 16.3. The molecule has 4 heterocycles. The molecular formula is C27H23N5O. The molecule has 0 unspecified atom stereocenters. The van der Waals surface area contributed by atoms with Gasteiger partial charge in [-0.2, -0.15) is 0 Å². The molecule has 3 aromatic heterocycles. The van der Waals surface area contributed by atoms with E-state index in [0.717, 1.165) is 41.1 Å². The number of nitrogens with one attached hydrogen (secondary N) is 2. The number of aromatic nitrogens is 4. The van der Waals surface area contributed by atoms with Crippen LogP contribution in [0.25, 0.3) is 33.5 Å². The maximum atomic E-state index is 12.8. The summed E-state index contributed by atoms with van der Waals surface area (Å²) in [6, 6.07) is 22.7. The largest absolute Gasteiger partial charge is 0.354 e. The minimum atomic E-state index is -0.0458. The number of pyridine rings is 1. The van der Waals surface area contributed by atoms with Crippen molar-refractivity contribution in [1.82, 2.24) is 24.8 Å². The van der Waals surface area contributed by atoms with E-state index in [1.54, 1.807) is 12.4 Å². The highest BCUT2D eigenvalue weighted by Gasteiger charge is 2.24. The standard InChI is InChI=1S/C27H23N5O/c33-27-21-12-14-32(17-24(21)30-26(31-27)19-9-6-13-28-15-19)16-22-20-10-4-5-11-23(20)29-25(22)18-7-2-1-3-8-18/h1-11,13,15,29H,12,14,16-17H2,(H,30,31,33). The maximum absolute atomic E-state index is 12.8. The molecule has 0 fully saturated rings. The van der Waals surface area contributed by atoms with Crippen molar-refractivity contribution < 1.29 is 0 Å². The second-order valence-electron chi connectivity index (χ2n) is 8.43. The maximum Gasteiger partial charge on any atom is 0.254 e. The molecule has 6 rings (SSSR count). The van der Waals surface area contributed by atoms with Crippen molar-refractivity contribution in [2.75, 3.05) is 6.54 Å². The number of hydrogen-bond acceptors (Lipinski definition) is 4. The topological polar surface area (TPSA) is 77.7 Å². The molecule has 6 heteroatoms. The molecule has 0 radical (unpaired) electrons. The first-order valence-corrected chi connectivity index (χ1v) is 11.2. The van der Waals surface area contributed by atoms with Crippen LogP contribution in [0.1, 0.15) is 16.8 Å². The van der Waals surface area contributed by atoms with E-state index in [0.29, 0.717) is 18.8 Å². The summed E-state index contributed by atoms with van der Waals surface area (Å²) < 4.78 is 0. The second kappa shape index (κ2) is 8.15. The van der Waals surface area contributed by atoms with Crippen molar-refractivity contribution in [3.63, 3.8) is 0 Å². The van der Waals surface area contributed by atoms with Gasteiger partial charge in [-0.3, -0.25) is 14.7 Å². The van der Waals surface area contributed by atoms with Crippen LogP contribution >= 0.6 is 0 Å². The lowest BCUT2D eigenvalue weighted by Crippen LogP contribution is -2.35. The number of aromatic amines is 2. The van der Waals surface area contributed by atoms with E-state index in [1.807, 2.05) is 18.2 Å². The quantitative estimate of drug-likeness (QED) is 0.436. The van der Waals surface area contributed by atoms with Crippen LogP contribution in [0.5, 0.6) is 0 Å². The fourth-order valence-electron chi connectivity index (χ4n) is 4.71. The summed E-state index contributed by atoms with van der Waals surface area (Å²) in [5, 5.41) is 1.23. The molecule has 0 spiro atoms. The third kappa shape index (κ3) is 3.64. The third-order valence-corrected chi connectivity index (χ3v) is 6.35. The first-order valence-electron chi connectivity index (χ1n) is 11.2. The van der Waals surface area contributed by atoms with Crippen LogP contribution in [-0.4, -0.2) is 31.4 Å². The Morgan fingerprint density at radius 1 is 0.909 bits per heavy atom. The van der Waals surface area contributed by atoms with Gasteiger partial charge in [-0.1, -0.05) is 48.5 Å². The Morgan fingerprint density at radius 2 is 1.73 bits per heavy atom. The Labute approximate surface area is 191 Å². The Balaban J connectivity index is 1.37. The number of para-hydroxylation sites is 1. The SMILES string of the molecule is O=c1[nH]c(-c2cccnc2)nc2c1CCN(Cc1c(-c3ccccc3)[nH]c3ccccc13)C2. The lowest BCUT2D eigenvalue weighted by atomic mass is 10.0. The van der Waals surface area contributed by atoms with Crippen LogP contribution in [-0.2, 0) is 19.5 Å². The summed E-state index contributed by atoms with van der Waals surface area (Å²) in [5.74, 6) is 0.575. The highest BCUT2D eigenvalue weighted by Crippen LogP contribution is 2.32. The molecule has 0 atom stereocenters. The van der Waals surface area contributed by atoms with Crippen molar-refractivity contribution in [2.45, 2.75) is 19.5 Å². The van der Waals surface area contributed by atoms with Gasteiger partial charge in [-0.25, -0.2) is 4.98 Å². The van der Waals surface area contributed by atoms with Gasteiger partial charge in [-0.05, 0) is 35.7 Å². The highest BCUT2D eigenvalue weighted by molar-refractivity contribution is 5.90. The molecule has 0 saturated carbocycles. The first kappa shape index (κ1) is 19.6. The number of nitrogens with zero attached hydrogens (tertiary/aromatic N) is 3. The predicted molar refractivity (Wildman–Crippen MR) is 130 cm³/mol. The smallest absolute Gasteiger partial charge is 0.254 e. The molecule has 0 aliphatic carbocycles. The summed E-state index contributed by atoms with van der Waals surface area (Å²) in [5.41, 5.74) is 7.15. The van der Waals surface area contributed by atoms with Gasteiger partial charge in [0.1, 0.15) is 5.82 Å². The number of benzene rings is 2. The van der Waals surface area contributed by atoms with E-state index in [-0.39, 0.29) is 5.56 Å². The fraction of sp³-hybridized carbons (Fsp3) is 0.148. The zero-order valence-electron chi connectivity index (χ0n) is 18.1. The third-order valence-electron chi connectivity index (χ3n) is 6.35. The molecule has 1 aliphatic heterocycles. The summed E-state index contributed by atoms with van der Waals surface area (Å²) in [6.45, 7) is 2.24. The number of rotatable bonds is 4. The zero-order chi connectivity index (χ0) is 22.2. The lowest BCUT2D eigenvalue weighted by Gasteiger charge is -2.28. The average molecular weight is 434 g/mol. The molecule has 6 nitrogen and oxygen atoms in total. The van der Waals surface area contributed by atoms with Gasteiger partial charge in [0, 0.05) is 54.1 Å². The summed E-state index contributed by atoms with van der Waals surface area (Å²) >= 11 is 0. The average Bonchev–Trinajstić information content (AvgIpc) is 3.23. The van der Waals surface area contributed by atoms with Gasteiger partial charge in [0.25, 0.3) is 5.56 Å². The van der Waals surface area contributed by atoms with E-state index in [4.69, 9.17) is 4.98 Å². The van der Waals surface area contributed by atoms with Crippen LogP contribution in [0.15, 0.2) is 83.9 Å². The minimum absolute atomic E-state index is 0.0458.